The van der Waals surface area contributed by atoms with E-state index < -0.39 is 0 Å². The van der Waals surface area contributed by atoms with Crippen LogP contribution >= 0.6 is 0 Å². The predicted molar refractivity (Wildman–Crippen MR) is 187 cm³/mol. The molecule has 2 unspecified atom stereocenters. The highest BCUT2D eigenvalue weighted by Gasteiger charge is 2.37. The van der Waals surface area contributed by atoms with E-state index in [9.17, 15) is 0 Å². The largest absolute Gasteiger partial charge is 0.456 e. The minimum Gasteiger partial charge on any atom is -0.456 e. The first-order valence-corrected chi connectivity index (χ1v) is 15.6. The molecule has 8 aromatic rings. The molecule has 3 nitrogen and oxygen atoms in total. The third kappa shape index (κ3) is 3.58. The highest BCUT2D eigenvalue weighted by atomic mass is 16.3. The standard InChI is InChI=1S/C42H28N2O/c1-5-16-37-31(12-1)32-13-2-6-17-38(32)43(37)29-11-9-10-27(24-29)28-20-22-41-35(25-28)36-26-30(21-23-42(36)45-41)44-39-18-7-3-14-33(39)34-15-4-8-19-40(34)44/h1-26,33,39H. The molecular formula is C42H28N2O. The summed E-state index contributed by atoms with van der Waals surface area (Å²) in [4.78, 5) is 2.48. The van der Waals surface area contributed by atoms with Crippen molar-refractivity contribution in [3.05, 3.63) is 163 Å². The average Bonchev–Trinajstić information content (AvgIpc) is 3.75. The maximum Gasteiger partial charge on any atom is 0.135 e. The van der Waals surface area contributed by atoms with E-state index in [1.54, 1.807) is 0 Å². The molecule has 3 heterocycles. The molecule has 0 saturated carbocycles. The number of benzene rings is 6. The molecular weight excluding hydrogens is 548 g/mol. The number of furan rings is 1. The summed E-state index contributed by atoms with van der Waals surface area (Å²) in [6.07, 6.45) is 9.00. The molecule has 3 heteroatoms. The molecule has 1 aliphatic carbocycles. The normalized spacial score (nSPS) is 17.1. The zero-order valence-electron chi connectivity index (χ0n) is 24.5. The molecule has 0 fully saturated rings. The fraction of sp³-hybridized carbons (Fsp3) is 0.0476. The van der Waals surface area contributed by atoms with Crippen LogP contribution in [0.5, 0.6) is 0 Å². The number of aromatic nitrogens is 1. The van der Waals surface area contributed by atoms with Crippen LogP contribution in [0.1, 0.15) is 11.5 Å². The average molecular weight is 577 g/mol. The van der Waals surface area contributed by atoms with Crippen LogP contribution in [0.25, 0.3) is 60.6 Å². The molecule has 0 bridgehead atoms. The zero-order chi connectivity index (χ0) is 29.5. The van der Waals surface area contributed by atoms with Gasteiger partial charge in [-0.05, 0) is 77.4 Å². The summed E-state index contributed by atoms with van der Waals surface area (Å²) in [5.74, 6) is 0.358. The van der Waals surface area contributed by atoms with Crippen molar-refractivity contribution in [3.63, 3.8) is 0 Å². The van der Waals surface area contributed by atoms with Gasteiger partial charge in [-0.15, -0.1) is 0 Å². The molecule has 0 radical (unpaired) electrons. The second-order valence-corrected chi connectivity index (χ2v) is 12.1. The van der Waals surface area contributed by atoms with Crippen molar-refractivity contribution in [2.75, 3.05) is 4.90 Å². The number of rotatable bonds is 3. The van der Waals surface area contributed by atoms with E-state index in [1.807, 2.05) is 0 Å². The van der Waals surface area contributed by atoms with Gasteiger partial charge in [-0.1, -0.05) is 97.1 Å². The van der Waals surface area contributed by atoms with Crippen LogP contribution in [0.2, 0.25) is 0 Å². The van der Waals surface area contributed by atoms with Crippen LogP contribution < -0.4 is 4.90 Å². The van der Waals surface area contributed by atoms with Gasteiger partial charge in [0.15, 0.2) is 0 Å². The first kappa shape index (κ1) is 24.6. The topological polar surface area (TPSA) is 21.3 Å². The molecule has 6 aromatic carbocycles. The fourth-order valence-corrected chi connectivity index (χ4v) is 7.71. The summed E-state index contributed by atoms with van der Waals surface area (Å²) in [7, 11) is 0. The number of hydrogen-bond donors (Lipinski definition) is 0. The molecule has 0 saturated heterocycles. The Morgan fingerprint density at radius 3 is 2.02 bits per heavy atom. The second-order valence-electron chi connectivity index (χ2n) is 12.1. The lowest BCUT2D eigenvalue weighted by atomic mass is 9.91. The number of para-hydroxylation sites is 3. The van der Waals surface area contributed by atoms with Gasteiger partial charge in [0.05, 0.1) is 17.1 Å². The van der Waals surface area contributed by atoms with Gasteiger partial charge in [0, 0.05) is 44.5 Å². The Balaban J connectivity index is 1.11. The Hall–Kier alpha value is -5.80. The van der Waals surface area contributed by atoms with E-state index in [0.717, 1.165) is 27.6 Å². The van der Waals surface area contributed by atoms with E-state index in [2.05, 4.69) is 167 Å². The van der Waals surface area contributed by atoms with Crippen LogP contribution in [0, 0.1) is 0 Å². The summed E-state index contributed by atoms with van der Waals surface area (Å²) in [5.41, 5.74) is 11.6. The first-order valence-electron chi connectivity index (χ1n) is 15.6. The molecule has 2 aliphatic rings. The number of fused-ring (bicyclic) bond motifs is 9. The van der Waals surface area contributed by atoms with Gasteiger partial charge >= 0.3 is 0 Å². The Labute approximate surface area is 260 Å². The summed E-state index contributed by atoms with van der Waals surface area (Å²) in [6, 6.07) is 48.5. The molecule has 2 atom stereocenters. The van der Waals surface area contributed by atoms with Crippen molar-refractivity contribution in [2.45, 2.75) is 12.0 Å². The van der Waals surface area contributed by atoms with E-state index in [-0.39, 0.29) is 6.04 Å². The maximum absolute atomic E-state index is 6.37. The fourth-order valence-electron chi connectivity index (χ4n) is 7.71. The van der Waals surface area contributed by atoms with Crippen molar-refractivity contribution in [1.82, 2.24) is 4.57 Å². The third-order valence-electron chi connectivity index (χ3n) is 9.71. The first-order chi connectivity index (χ1) is 22.3. The Morgan fingerprint density at radius 2 is 1.18 bits per heavy atom. The molecule has 10 rings (SSSR count). The minimum atomic E-state index is 0.266. The predicted octanol–water partition coefficient (Wildman–Crippen LogP) is 11.1. The van der Waals surface area contributed by atoms with Crippen molar-refractivity contribution < 1.29 is 4.42 Å². The summed E-state index contributed by atoms with van der Waals surface area (Å²) >= 11 is 0. The molecule has 1 aliphatic heterocycles. The molecule has 0 N–H and O–H groups in total. The van der Waals surface area contributed by atoms with E-state index in [4.69, 9.17) is 4.42 Å². The van der Waals surface area contributed by atoms with Gasteiger partial charge in [-0.2, -0.15) is 0 Å². The van der Waals surface area contributed by atoms with E-state index >= 15 is 0 Å². The maximum atomic E-state index is 6.37. The number of allylic oxidation sites excluding steroid dienone is 2. The monoisotopic (exact) mass is 576 g/mol. The van der Waals surface area contributed by atoms with Crippen molar-refractivity contribution in [2.24, 2.45) is 0 Å². The van der Waals surface area contributed by atoms with Crippen LogP contribution in [0.3, 0.4) is 0 Å². The lowest BCUT2D eigenvalue weighted by Gasteiger charge is -2.28. The van der Waals surface area contributed by atoms with Crippen LogP contribution in [0.4, 0.5) is 11.4 Å². The molecule has 0 amide bonds. The Bertz CT molecular complexity index is 2470. The Morgan fingerprint density at radius 1 is 0.489 bits per heavy atom. The number of anilines is 2. The van der Waals surface area contributed by atoms with E-state index in [0.29, 0.717) is 5.92 Å². The van der Waals surface area contributed by atoms with Crippen molar-refractivity contribution in [3.8, 4) is 16.8 Å². The highest BCUT2D eigenvalue weighted by molar-refractivity contribution is 6.10. The van der Waals surface area contributed by atoms with Gasteiger partial charge in [-0.25, -0.2) is 0 Å². The summed E-state index contributed by atoms with van der Waals surface area (Å²) in [6.45, 7) is 0. The highest BCUT2D eigenvalue weighted by Crippen LogP contribution is 2.48. The third-order valence-corrected chi connectivity index (χ3v) is 9.71. The Kier molecular flexibility index (Phi) is 5.11. The number of nitrogens with zero attached hydrogens (tertiary/aromatic N) is 2. The summed E-state index contributed by atoms with van der Waals surface area (Å²) < 4.78 is 8.75. The number of hydrogen-bond acceptors (Lipinski definition) is 2. The smallest absolute Gasteiger partial charge is 0.135 e. The lowest BCUT2D eigenvalue weighted by Crippen LogP contribution is -2.28. The summed E-state index contributed by atoms with van der Waals surface area (Å²) in [5, 5.41) is 4.81. The van der Waals surface area contributed by atoms with Crippen molar-refractivity contribution >= 4 is 55.1 Å². The van der Waals surface area contributed by atoms with Gasteiger partial charge in [0.25, 0.3) is 0 Å². The minimum absolute atomic E-state index is 0.266. The molecule has 212 valence electrons. The molecule has 0 spiro atoms. The lowest BCUT2D eigenvalue weighted by molar-refractivity contribution is 0.669. The van der Waals surface area contributed by atoms with Crippen molar-refractivity contribution in [1.29, 1.82) is 0 Å². The van der Waals surface area contributed by atoms with Crippen LogP contribution in [-0.4, -0.2) is 10.6 Å². The van der Waals surface area contributed by atoms with E-state index in [1.165, 1.54) is 49.9 Å². The quantitative estimate of drug-likeness (QED) is 0.209. The van der Waals surface area contributed by atoms with Crippen LogP contribution in [0.15, 0.2) is 162 Å². The second kappa shape index (κ2) is 9.35. The van der Waals surface area contributed by atoms with Gasteiger partial charge in [-0.3, -0.25) is 0 Å². The zero-order valence-corrected chi connectivity index (χ0v) is 24.5. The van der Waals surface area contributed by atoms with Gasteiger partial charge in [0.1, 0.15) is 11.2 Å². The molecule has 2 aromatic heterocycles. The van der Waals surface area contributed by atoms with Crippen LogP contribution in [-0.2, 0) is 0 Å². The van der Waals surface area contributed by atoms with Gasteiger partial charge in [0.2, 0.25) is 0 Å². The molecule has 45 heavy (non-hydrogen) atoms. The van der Waals surface area contributed by atoms with Gasteiger partial charge < -0.3 is 13.9 Å². The SMILES string of the molecule is C1=CC2c3ccccc3N(c3ccc4oc5ccc(-c6cccc(-n7c8ccccc8c8ccccc87)c6)cc5c4c3)C2C=C1.